The fourth-order valence-corrected chi connectivity index (χ4v) is 4.11. The molecule has 1 fully saturated rings. The van der Waals surface area contributed by atoms with Crippen molar-refractivity contribution in [1.82, 2.24) is 19.5 Å². The minimum absolute atomic E-state index is 0.0409. The van der Waals surface area contributed by atoms with Crippen LogP contribution >= 0.6 is 11.3 Å². The van der Waals surface area contributed by atoms with Crippen molar-refractivity contribution in [2.24, 2.45) is 0 Å². The number of anilines is 2. The number of amides is 1. The quantitative estimate of drug-likeness (QED) is 0.722. The second-order valence-electron chi connectivity index (χ2n) is 6.63. The first-order valence-electron chi connectivity index (χ1n) is 8.82. The Morgan fingerprint density at radius 2 is 2.04 bits per heavy atom. The molecule has 0 atom stereocenters. The van der Waals surface area contributed by atoms with Crippen molar-refractivity contribution in [1.29, 1.82) is 0 Å². The largest absolute Gasteiger partial charge is 0.357 e. The molecule has 136 valence electrons. The summed E-state index contributed by atoms with van der Waals surface area (Å²) in [6, 6.07) is 9.98. The van der Waals surface area contributed by atoms with E-state index in [1.807, 2.05) is 48.0 Å². The highest BCUT2D eigenvalue weighted by Gasteiger charge is 2.22. The number of nitrogens with one attached hydrogen (secondary N) is 2. The molecular weight excluding hydrogens is 348 g/mol. The van der Waals surface area contributed by atoms with Crippen molar-refractivity contribution in [2.75, 3.05) is 30.3 Å². The predicted octanol–water partition coefficient (Wildman–Crippen LogP) is 2.61. The molecule has 0 radical (unpaired) electrons. The Hall–Kier alpha value is -2.45. The number of fused-ring (bicyclic) bond motifs is 1. The maximum absolute atomic E-state index is 12.2. The Bertz CT molecular complexity index is 850. The van der Waals surface area contributed by atoms with Gasteiger partial charge < -0.3 is 10.6 Å². The van der Waals surface area contributed by atoms with Crippen molar-refractivity contribution in [3.05, 3.63) is 42.2 Å². The summed E-state index contributed by atoms with van der Waals surface area (Å²) in [5.41, 5.74) is 1.83. The summed E-state index contributed by atoms with van der Waals surface area (Å²) in [6.45, 7) is 4.22. The zero-order chi connectivity index (χ0) is 17.9. The number of carbonyl (C=O) groups is 1. The van der Waals surface area contributed by atoms with Gasteiger partial charge >= 0.3 is 0 Å². The fourth-order valence-electron chi connectivity index (χ4n) is 3.20. The van der Waals surface area contributed by atoms with Gasteiger partial charge in [-0.25, -0.2) is 9.50 Å². The van der Waals surface area contributed by atoms with E-state index in [9.17, 15) is 4.79 Å². The fraction of sp³-hybridized carbons (Fsp3) is 0.389. The van der Waals surface area contributed by atoms with Gasteiger partial charge in [0, 0.05) is 24.8 Å². The molecular formula is C18H22N6OS. The number of likely N-dealkylation sites (tertiary alicyclic amines) is 1. The van der Waals surface area contributed by atoms with Crippen LogP contribution in [0.3, 0.4) is 0 Å². The van der Waals surface area contributed by atoms with E-state index in [2.05, 4.69) is 25.6 Å². The van der Waals surface area contributed by atoms with Crippen LogP contribution in [-0.2, 0) is 4.79 Å². The van der Waals surface area contributed by atoms with Crippen LogP contribution in [0, 0.1) is 6.92 Å². The van der Waals surface area contributed by atoms with Crippen molar-refractivity contribution in [2.45, 2.75) is 25.8 Å². The average Bonchev–Trinajstić information content (AvgIpc) is 3.14. The van der Waals surface area contributed by atoms with E-state index in [0.717, 1.165) is 47.4 Å². The molecule has 7 nitrogen and oxygen atoms in total. The number of aryl methyl sites for hydroxylation is 1. The smallest absolute Gasteiger partial charge is 0.238 e. The Balaban J connectivity index is 1.24. The van der Waals surface area contributed by atoms with Crippen LogP contribution in [-0.4, -0.2) is 51.1 Å². The van der Waals surface area contributed by atoms with Crippen molar-refractivity contribution in [3.63, 3.8) is 0 Å². The molecule has 0 bridgehead atoms. The van der Waals surface area contributed by atoms with E-state index >= 15 is 0 Å². The molecule has 1 aliphatic heterocycles. The number of benzene rings is 1. The first-order chi connectivity index (χ1) is 12.7. The lowest BCUT2D eigenvalue weighted by Gasteiger charge is -2.31. The monoisotopic (exact) mass is 370 g/mol. The second kappa shape index (κ2) is 7.43. The molecule has 26 heavy (non-hydrogen) atoms. The Kier molecular flexibility index (Phi) is 4.85. The van der Waals surface area contributed by atoms with Crippen LogP contribution in [0.2, 0.25) is 0 Å². The van der Waals surface area contributed by atoms with Crippen LogP contribution in [0.1, 0.15) is 18.5 Å². The van der Waals surface area contributed by atoms with Gasteiger partial charge in [-0.2, -0.15) is 0 Å². The third kappa shape index (κ3) is 4.03. The molecule has 0 saturated carbocycles. The highest BCUT2D eigenvalue weighted by molar-refractivity contribution is 7.20. The number of hydrogen-bond acceptors (Lipinski definition) is 6. The van der Waals surface area contributed by atoms with Gasteiger partial charge in [0.1, 0.15) is 0 Å². The molecule has 2 aromatic heterocycles. The van der Waals surface area contributed by atoms with Crippen LogP contribution in [0.25, 0.3) is 4.96 Å². The number of aromatic nitrogens is 3. The lowest BCUT2D eigenvalue weighted by molar-refractivity contribution is -0.117. The Labute approximate surface area is 156 Å². The van der Waals surface area contributed by atoms with Crippen LogP contribution < -0.4 is 10.6 Å². The highest BCUT2D eigenvalue weighted by atomic mass is 32.1. The lowest BCUT2D eigenvalue weighted by atomic mass is 10.1. The molecule has 2 N–H and O–H groups in total. The molecule has 0 aliphatic carbocycles. The van der Waals surface area contributed by atoms with Crippen LogP contribution in [0.5, 0.6) is 0 Å². The summed E-state index contributed by atoms with van der Waals surface area (Å²) in [4.78, 5) is 19.7. The molecule has 1 aromatic carbocycles. The maximum atomic E-state index is 12.2. The molecule has 1 amide bonds. The first-order valence-corrected chi connectivity index (χ1v) is 9.64. The normalized spacial score (nSPS) is 16.0. The Morgan fingerprint density at radius 3 is 2.77 bits per heavy atom. The second-order valence-corrected chi connectivity index (χ2v) is 7.58. The van der Waals surface area contributed by atoms with E-state index in [1.54, 1.807) is 11.3 Å². The van der Waals surface area contributed by atoms with E-state index < -0.39 is 0 Å². The zero-order valence-electron chi connectivity index (χ0n) is 14.7. The summed E-state index contributed by atoms with van der Waals surface area (Å²) in [6.07, 6.45) is 3.93. The predicted molar refractivity (Wildman–Crippen MR) is 104 cm³/mol. The summed E-state index contributed by atoms with van der Waals surface area (Å²) in [5, 5.41) is 11.9. The van der Waals surface area contributed by atoms with Crippen LogP contribution in [0.15, 0.2) is 36.5 Å². The van der Waals surface area contributed by atoms with Crippen molar-refractivity contribution < 1.29 is 4.79 Å². The molecule has 8 heteroatoms. The summed E-state index contributed by atoms with van der Waals surface area (Å²) >= 11 is 1.58. The summed E-state index contributed by atoms with van der Waals surface area (Å²) < 4.78 is 1.82. The number of rotatable bonds is 5. The van der Waals surface area contributed by atoms with Gasteiger partial charge in [0.15, 0.2) is 0 Å². The van der Waals surface area contributed by atoms with Gasteiger partial charge in [-0.15, -0.1) is 5.10 Å². The van der Waals surface area contributed by atoms with Gasteiger partial charge in [0.05, 0.1) is 18.4 Å². The summed E-state index contributed by atoms with van der Waals surface area (Å²) in [7, 11) is 0. The maximum Gasteiger partial charge on any atom is 0.238 e. The van der Waals surface area contributed by atoms with E-state index in [0.29, 0.717) is 12.6 Å². The topological polar surface area (TPSA) is 74.6 Å². The highest BCUT2D eigenvalue weighted by Crippen LogP contribution is 2.22. The van der Waals surface area contributed by atoms with Gasteiger partial charge in [-0.1, -0.05) is 29.5 Å². The van der Waals surface area contributed by atoms with Crippen molar-refractivity contribution >= 4 is 33.0 Å². The third-order valence-electron chi connectivity index (χ3n) is 4.50. The number of carbonyl (C=O) groups excluding carboxylic acids is 1. The summed E-state index contributed by atoms with van der Waals surface area (Å²) in [5.74, 6) is 0.0409. The standard InChI is InChI=1S/C18H22N6OS/c1-13-11-24-18(19-13)26-17(22-24)21-15-7-9-23(10-8-15)12-16(25)20-14-5-3-2-4-6-14/h2-6,11,15H,7-10,12H2,1H3,(H,20,25)(H,21,22). The number of hydrogen-bond donors (Lipinski definition) is 2. The van der Waals surface area contributed by atoms with Crippen molar-refractivity contribution in [3.8, 4) is 0 Å². The number of imidazole rings is 1. The molecule has 0 spiro atoms. The number of piperidine rings is 1. The number of nitrogens with zero attached hydrogens (tertiary/aromatic N) is 4. The average molecular weight is 370 g/mol. The van der Waals surface area contributed by atoms with Gasteiger partial charge in [0.25, 0.3) is 0 Å². The number of para-hydroxylation sites is 1. The minimum atomic E-state index is 0.0409. The molecule has 0 unspecified atom stereocenters. The molecule has 3 heterocycles. The first kappa shape index (κ1) is 17.0. The van der Waals surface area contributed by atoms with Gasteiger partial charge in [-0.3, -0.25) is 9.69 Å². The van der Waals surface area contributed by atoms with Gasteiger partial charge in [0.2, 0.25) is 16.0 Å². The third-order valence-corrected chi connectivity index (χ3v) is 5.36. The minimum Gasteiger partial charge on any atom is -0.357 e. The molecule has 1 saturated heterocycles. The SMILES string of the molecule is Cc1cn2nc(NC3CCN(CC(=O)Nc4ccccc4)CC3)sc2n1. The van der Waals surface area contributed by atoms with E-state index in [4.69, 9.17) is 0 Å². The molecule has 4 rings (SSSR count). The lowest BCUT2D eigenvalue weighted by Crippen LogP contribution is -2.42. The van der Waals surface area contributed by atoms with E-state index in [1.165, 1.54) is 0 Å². The Morgan fingerprint density at radius 1 is 1.27 bits per heavy atom. The van der Waals surface area contributed by atoms with Crippen LogP contribution in [0.4, 0.5) is 10.8 Å². The van der Waals surface area contributed by atoms with E-state index in [-0.39, 0.29) is 5.91 Å². The van der Waals surface area contributed by atoms with Gasteiger partial charge in [-0.05, 0) is 31.9 Å². The molecule has 3 aromatic rings. The molecule has 1 aliphatic rings. The zero-order valence-corrected chi connectivity index (χ0v) is 15.5.